The average Bonchev–Trinajstić information content (AvgIpc) is 2.40. The summed E-state index contributed by atoms with van der Waals surface area (Å²) in [4.78, 5) is 4.26. The molecular formula is C14H12FN3O. The molecule has 1 aromatic carbocycles. The largest absolute Gasteiger partial charge is 0.494 e. The van der Waals surface area contributed by atoms with Crippen molar-refractivity contribution in [3.63, 3.8) is 0 Å². The first-order valence-corrected chi connectivity index (χ1v) is 5.61. The topological polar surface area (TPSA) is 57.9 Å². The molecule has 1 aromatic heterocycles. The van der Waals surface area contributed by atoms with E-state index < -0.39 is 5.82 Å². The lowest BCUT2D eigenvalue weighted by atomic mass is 10.2. The van der Waals surface area contributed by atoms with Crippen LogP contribution in [0.4, 0.5) is 15.9 Å². The third-order valence-corrected chi connectivity index (χ3v) is 2.51. The molecule has 19 heavy (non-hydrogen) atoms. The number of methoxy groups -OCH3 is 1. The number of nitrogens with one attached hydrogen (secondary N) is 1. The zero-order chi connectivity index (χ0) is 13.8. The highest BCUT2D eigenvalue weighted by atomic mass is 19.1. The number of rotatable bonds is 3. The molecule has 0 fully saturated rings. The average molecular weight is 257 g/mol. The van der Waals surface area contributed by atoms with E-state index in [0.717, 1.165) is 5.69 Å². The minimum Gasteiger partial charge on any atom is -0.494 e. The van der Waals surface area contributed by atoms with Crippen molar-refractivity contribution in [3.05, 3.63) is 47.4 Å². The standard InChI is InChI=1S/C14H12FN3O/c1-9-5-10(8-16)6-14(17-9)18-11-3-4-12(15)13(7-11)19-2/h3-7H,1-2H3,(H,17,18). The first-order valence-electron chi connectivity index (χ1n) is 5.61. The van der Waals surface area contributed by atoms with E-state index in [1.54, 1.807) is 25.1 Å². The summed E-state index contributed by atoms with van der Waals surface area (Å²) in [6.07, 6.45) is 0. The predicted molar refractivity (Wildman–Crippen MR) is 69.9 cm³/mol. The summed E-state index contributed by atoms with van der Waals surface area (Å²) in [6, 6.07) is 9.80. The van der Waals surface area contributed by atoms with Crippen molar-refractivity contribution in [1.82, 2.24) is 4.98 Å². The quantitative estimate of drug-likeness (QED) is 0.917. The summed E-state index contributed by atoms with van der Waals surface area (Å²) in [6.45, 7) is 1.80. The maximum atomic E-state index is 13.3. The van der Waals surface area contributed by atoms with Gasteiger partial charge in [0.2, 0.25) is 0 Å². The number of benzene rings is 1. The van der Waals surface area contributed by atoms with Gasteiger partial charge in [-0.1, -0.05) is 0 Å². The Labute approximate surface area is 110 Å². The van der Waals surface area contributed by atoms with Crippen molar-refractivity contribution >= 4 is 11.5 Å². The fourth-order valence-electron chi connectivity index (χ4n) is 1.68. The van der Waals surface area contributed by atoms with Gasteiger partial charge in [-0.05, 0) is 31.2 Å². The van der Waals surface area contributed by atoms with Crippen LogP contribution in [-0.4, -0.2) is 12.1 Å². The smallest absolute Gasteiger partial charge is 0.165 e. The van der Waals surface area contributed by atoms with Crippen LogP contribution in [-0.2, 0) is 0 Å². The first kappa shape index (κ1) is 12.8. The van der Waals surface area contributed by atoms with Crippen molar-refractivity contribution in [2.45, 2.75) is 6.92 Å². The number of hydrogen-bond acceptors (Lipinski definition) is 4. The van der Waals surface area contributed by atoms with Gasteiger partial charge in [0.1, 0.15) is 5.82 Å². The van der Waals surface area contributed by atoms with Gasteiger partial charge in [-0.2, -0.15) is 5.26 Å². The first-order chi connectivity index (χ1) is 9.12. The van der Waals surface area contributed by atoms with Gasteiger partial charge in [-0.15, -0.1) is 0 Å². The summed E-state index contributed by atoms with van der Waals surface area (Å²) < 4.78 is 18.2. The second-order valence-corrected chi connectivity index (χ2v) is 3.97. The molecule has 1 heterocycles. The number of aromatic nitrogens is 1. The SMILES string of the molecule is COc1cc(Nc2cc(C#N)cc(C)n2)ccc1F. The van der Waals surface area contributed by atoms with Crippen LogP contribution in [0, 0.1) is 24.1 Å². The summed E-state index contributed by atoms with van der Waals surface area (Å²) in [5.74, 6) is 0.256. The minimum atomic E-state index is -0.428. The molecule has 0 unspecified atom stereocenters. The van der Waals surface area contributed by atoms with Crippen LogP contribution < -0.4 is 10.1 Å². The number of nitriles is 1. The number of ether oxygens (including phenoxy) is 1. The molecule has 96 valence electrons. The third-order valence-electron chi connectivity index (χ3n) is 2.51. The van der Waals surface area contributed by atoms with E-state index in [4.69, 9.17) is 10.00 Å². The summed E-state index contributed by atoms with van der Waals surface area (Å²) in [5, 5.41) is 11.9. The van der Waals surface area contributed by atoms with Gasteiger partial charge in [0.25, 0.3) is 0 Å². The molecule has 2 rings (SSSR count). The molecule has 1 N–H and O–H groups in total. The number of halogens is 1. The molecule has 2 aromatic rings. The Bertz CT molecular complexity index is 650. The van der Waals surface area contributed by atoms with E-state index in [2.05, 4.69) is 16.4 Å². The normalized spacial score (nSPS) is 9.79. The number of pyridine rings is 1. The number of nitrogens with zero attached hydrogens (tertiary/aromatic N) is 2. The Morgan fingerprint density at radius 1 is 1.32 bits per heavy atom. The van der Waals surface area contributed by atoms with Crippen LogP contribution >= 0.6 is 0 Å². The maximum Gasteiger partial charge on any atom is 0.165 e. The van der Waals surface area contributed by atoms with Crippen molar-refractivity contribution in [1.29, 1.82) is 5.26 Å². The monoisotopic (exact) mass is 257 g/mol. The lowest BCUT2D eigenvalue weighted by molar-refractivity contribution is 0.387. The van der Waals surface area contributed by atoms with Crippen molar-refractivity contribution in [2.75, 3.05) is 12.4 Å². The van der Waals surface area contributed by atoms with Gasteiger partial charge in [0, 0.05) is 17.4 Å². The molecule has 0 aliphatic carbocycles. The van der Waals surface area contributed by atoms with E-state index in [1.165, 1.54) is 19.2 Å². The molecule has 0 saturated carbocycles. The Morgan fingerprint density at radius 3 is 2.79 bits per heavy atom. The fourth-order valence-corrected chi connectivity index (χ4v) is 1.68. The molecular weight excluding hydrogens is 245 g/mol. The van der Waals surface area contributed by atoms with E-state index in [9.17, 15) is 4.39 Å². The number of hydrogen-bond donors (Lipinski definition) is 1. The predicted octanol–water partition coefficient (Wildman–Crippen LogP) is 3.15. The van der Waals surface area contributed by atoms with Gasteiger partial charge < -0.3 is 10.1 Å². The lowest BCUT2D eigenvalue weighted by Gasteiger charge is -2.09. The van der Waals surface area contributed by atoms with Crippen molar-refractivity contribution in [2.24, 2.45) is 0 Å². The van der Waals surface area contributed by atoms with E-state index in [1.807, 2.05) is 0 Å². The minimum absolute atomic E-state index is 0.151. The second kappa shape index (κ2) is 5.36. The van der Waals surface area contributed by atoms with Crippen molar-refractivity contribution < 1.29 is 9.13 Å². The highest BCUT2D eigenvalue weighted by Gasteiger charge is 2.05. The summed E-state index contributed by atoms with van der Waals surface area (Å²) in [5.41, 5.74) is 1.89. The molecule has 0 spiro atoms. The highest BCUT2D eigenvalue weighted by Crippen LogP contribution is 2.24. The fraction of sp³-hybridized carbons (Fsp3) is 0.143. The van der Waals surface area contributed by atoms with Gasteiger partial charge >= 0.3 is 0 Å². The van der Waals surface area contributed by atoms with Crippen LogP contribution in [0.1, 0.15) is 11.3 Å². The van der Waals surface area contributed by atoms with Crippen LogP contribution in [0.25, 0.3) is 0 Å². The van der Waals surface area contributed by atoms with Gasteiger partial charge in [0.05, 0.1) is 18.7 Å². The Morgan fingerprint density at radius 2 is 2.11 bits per heavy atom. The molecule has 0 atom stereocenters. The molecule has 0 bridgehead atoms. The molecule has 0 saturated heterocycles. The Hall–Kier alpha value is -2.61. The number of anilines is 2. The molecule has 0 aliphatic heterocycles. The molecule has 4 nitrogen and oxygen atoms in total. The summed E-state index contributed by atoms with van der Waals surface area (Å²) >= 11 is 0. The van der Waals surface area contributed by atoms with E-state index >= 15 is 0 Å². The molecule has 0 amide bonds. The van der Waals surface area contributed by atoms with Gasteiger partial charge in [-0.3, -0.25) is 0 Å². The zero-order valence-electron chi connectivity index (χ0n) is 10.6. The summed E-state index contributed by atoms with van der Waals surface area (Å²) in [7, 11) is 1.40. The maximum absolute atomic E-state index is 13.3. The van der Waals surface area contributed by atoms with Crippen LogP contribution in [0.3, 0.4) is 0 Å². The van der Waals surface area contributed by atoms with Crippen molar-refractivity contribution in [3.8, 4) is 11.8 Å². The zero-order valence-corrected chi connectivity index (χ0v) is 10.6. The van der Waals surface area contributed by atoms with Crippen LogP contribution in [0.15, 0.2) is 30.3 Å². The van der Waals surface area contributed by atoms with Gasteiger partial charge in [0.15, 0.2) is 11.6 Å². The number of aryl methyl sites for hydroxylation is 1. The Kier molecular flexibility index (Phi) is 3.62. The lowest BCUT2D eigenvalue weighted by Crippen LogP contribution is -1.97. The van der Waals surface area contributed by atoms with Crippen LogP contribution in [0.2, 0.25) is 0 Å². The van der Waals surface area contributed by atoms with E-state index in [0.29, 0.717) is 17.1 Å². The third kappa shape index (κ3) is 2.99. The molecule has 0 aliphatic rings. The molecule has 5 heteroatoms. The second-order valence-electron chi connectivity index (χ2n) is 3.97. The van der Waals surface area contributed by atoms with E-state index in [-0.39, 0.29) is 5.75 Å². The Balaban J connectivity index is 2.31. The van der Waals surface area contributed by atoms with Gasteiger partial charge in [-0.25, -0.2) is 9.37 Å². The molecule has 0 radical (unpaired) electrons. The highest BCUT2D eigenvalue weighted by molar-refractivity contribution is 5.60. The van der Waals surface area contributed by atoms with Crippen LogP contribution in [0.5, 0.6) is 5.75 Å².